The zero-order valence-electron chi connectivity index (χ0n) is 15.2. The Bertz CT molecular complexity index is 944. The normalized spacial score (nSPS) is 18.9. The smallest absolute Gasteiger partial charge is 0.258 e. The van der Waals surface area contributed by atoms with Gasteiger partial charge in [-0.2, -0.15) is 0 Å². The predicted octanol–water partition coefficient (Wildman–Crippen LogP) is 3.97. The van der Waals surface area contributed by atoms with Gasteiger partial charge in [-0.15, -0.1) is 0 Å². The standard InChI is InChI=1S/C21H25N3O2/c1-2-17-10-11-19(26-17)18-8-4-3-6-12-23(18)15-16-14-21(25)24-13-7-5-9-20(24)22-16/h5,7,9-11,13-14,18H,2-4,6,8,12,15H2,1H3. The van der Waals surface area contributed by atoms with Crippen LogP contribution in [0.5, 0.6) is 0 Å². The van der Waals surface area contributed by atoms with Crippen LogP contribution in [0.3, 0.4) is 0 Å². The number of nitrogens with zero attached hydrogens (tertiary/aromatic N) is 3. The van der Waals surface area contributed by atoms with Gasteiger partial charge in [0.25, 0.3) is 5.56 Å². The topological polar surface area (TPSA) is 50.8 Å². The highest BCUT2D eigenvalue weighted by Crippen LogP contribution is 2.32. The van der Waals surface area contributed by atoms with Gasteiger partial charge >= 0.3 is 0 Å². The highest BCUT2D eigenvalue weighted by atomic mass is 16.3. The maximum Gasteiger partial charge on any atom is 0.258 e. The summed E-state index contributed by atoms with van der Waals surface area (Å²) in [5.41, 5.74) is 1.51. The van der Waals surface area contributed by atoms with E-state index in [0.717, 1.165) is 36.6 Å². The van der Waals surface area contributed by atoms with E-state index in [2.05, 4.69) is 24.0 Å². The summed E-state index contributed by atoms with van der Waals surface area (Å²) in [6.45, 7) is 3.79. The highest BCUT2D eigenvalue weighted by molar-refractivity contribution is 5.38. The Hall–Kier alpha value is -2.40. The van der Waals surface area contributed by atoms with Crippen molar-refractivity contribution in [1.82, 2.24) is 14.3 Å². The lowest BCUT2D eigenvalue weighted by atomic mass is 10.1. The fourth-order valence-corrected chi connectivity index (χ4v) is 3.83. The number of fused-ring (bicyclic) bond motifs is 1. The molecule has 136 valence electrons. The molecule has 0 N–H and O–H groups in total. The van der Waals surface area contributed by atoms with Gasteiger partial charge in [0.05, 0.1) is 11.7 Å². The van der Waals surface area contributed by atoms with E-state index in [0.29, 0.717) is 12.2 Å². The Labute approximate surface area is 153 Å². The lowest BCUT2D eigenvalue weighted by molar-refractivity contribution is 0.166. The Kier molecular flexibility index (Phi) is 4.89. The average molecular weight is 351 g/mol. The first-order valence-corrected chi connectivity index (χ1v) is 9.54. The van der Waals surface area contributed by atoms with Crippen LogP contribution >= 0.6 is 0 Å². The first-order chi connectivity index (χ1) is 12.7. The van der Waals surface area contributed by atoms with Crippen molar-refractivity contribution in [1.29, 1.82) is 0 Å². The predicted molar refractivity (Wildman–Crippen MR) is 101 cm³/mol. The number of rotatable bonds is 4. The van der Waals surface area contributed by atoms with Gasteiger partial charge in [0.1, 0.15) is 17.2 Å². The van der Waals surface area contributed by atoms with Gasteiger partial charge < -0.3 is 4.42 Å². The fourth-order valence-electron chi connectivity index (χ4n) is 3.83. The molecule has 1 saturated heterocycles. The zero-order valence-corrected chi connectivity index (χ0v) is 15.2. The second-order valence-electron chi connectivity index (χ2n) is 7.01. The number of pyridine rings is 1. The molecule has 5 heteroatoms. The SMILES string of the molecule is CCc1ccc(C2CCCCCN2Cc2cc(=O)n3ccccc3n2)o1. The van der Waals surface area contributed by atoms with Gasteiger partial charge in [-0.1, -0.05) is 25.8 Å². The molecule has 1 atom stereocenters. The minimum absolute atomic E-state index is 0.0248. The molecule has 0 saturated carbocycles. The number of likely N-dealkylation sites (tertiary alicyclic amines) is 1. The summed E-state index contributed by atoms with van der Waals surface area (Å²) in [4.78, 5) is 19.5. The molecule has 0 amide bonds. The van der Waals surface area contributed by atoms with Crippen molar-refractivity contribution in [2.45, 2.75) is 51.6 Å². The van der Waals surface area contributed by atoms with Gasteiger partial charge in [0, 0.05) is 25.2 Å². The summed E-state index contributed by atoms with van der Waals surface area (Å²) < 4.78 is 7.65. The quantitative estimate of drug-likeness (QED) is 0.714. The van der Waals surface area contributed by atoms with E-state index in [4.69, 9.17) is 9.40 Å². The molecule has 5 nitrogen and oxygen atoms in total. The van der Waals surface area contributed by atoms with Gasteiger partial charge in [-0.05, 0) is 43.7 Å². The zero-order chi connectivity index (χ0) is 17.9. The molecule has 26 heavy (non-hydrogen) atoms. The van der Waals surface area contributed by atoms with Crippen molar-refractivity contribution in [2.24, 2.45) is 0 Å². The molecule has 4 rings (SSSR count). The third-order valence-corrected chi connectivity index (χ3v) is 5.21. The molecular formula is C21H25N3O2. The Morgan fingerprint density at radius 2 is 2.12 bits per heavy atom. The van der Waals surface area contributed by atoms with Crippen molar-refractivity contribution in [2.75, 3.05) is 6.54 Å². The summed E-state index contributed by atoms with van der Waals surface area (Å²) in [5.74, 6) is 2.08. The van der Waals surface area contributed by atoms with Crippen molar-refractivity contribution in [3.8, 4) is 0 Å². The largest absolute Gasteiger partial charge is 0.464 e. The molecule has 0 aliphatic carbocycles. The molecule has 0 aromatic carbocycles. The lowest BCUT2D eigenvalue weighted by Gasteiger charge is -2.28. The van der Waals surface area contributed by atoms with Crippen LogP contribution in [0, 0.1) is 0 Å². The van der Waals surface area contributed by atoms with E-state index < -0.39 is 0 Å². The first-order valence-electron chi connectivity index (χ1n) is 9.54. The molecule has 0 radical (unpaired) electrons. The summed E-state index contributed by atoms with van der Waals surface area (Å²) in [7, 11) is 0. The number of aromatic nitrogens is 2. The number of furan rings is 1. The molecule has 0 spiro atoms. The molecule has 4 heterocycles. The van der Waals surface area contributed by atoms with E-state index in [1.807, 2.05) is 18.2 Å². The van der Waals surface area contributed by atoms with Crippen LogP contribution in [-0.4, -0.2) is 20.8 Å². The summed E-state index contributed by atoms with van der Waals surface area (Å²) in [5, 5.41) is 0. The van der Waals surface area contributed by atoms with Crippen LogP contribution in [-0.2, 0) is 13.0 Å². The number of hydrogen-bond acceptors (Lipinski definition) is 4. The maximum atomic E-state index is 12.4. The van der Waals surface area contributed by atoms with E-state index in [1.165, 1.54) is 19.3 Å². The monoisotopic (exact) mass is 351 g/mol. The minimum Gasteiger partial charge on any atom is -0.464 e. The summed E-state index contributed by atoms with van der Waals surface area (Å²) in [6.07, 6.45) is 7.38. The van der Waals surface area contributed by atoms with Gasteiger partial charge in [0.2, 0.25) is 0 Å². The molecule has 0 bridgehead atoms. The van der Waals surface area contributed by atoms with Crippen LogP contribution in [0.4, 0.5) is 0 Å². The van der Waals surface area contributed by atoms with E-state index >= 15 is 0 Å². The average Bonchev–Trinajstić information content (AvgIpc) is 3.02. The second-order valence-corrected chi connectivity index (χ2v) is 7.01. The molecule has 1 fully saturated rings. The van der Waals surface area contributed by atoms with Crippen LogP contribution in [0.1, 0.15) is 55.9 Å². The van der Waals surface area contributed by atoms with Crippen LogP contribution < -0.4 is 5.56 Å². The maximum absolute atomic E-state index is 12.4. The van der Waals surface area contributed by atoms with Crippen molar-refractivity contribution in [3.05, 3.63) is 70.2 Å². The lowest BCUT2D eigenvalue weighted by Crippen LogP contribution is -2.29. The third kappa shape index (κ3) is 3.44. The molecule has 1 aliphatic heterocycles. The van der Waals surface area contributed by atoms with Crippen LogP contribution in [0.25, 0.3) is 5.65 Å². The Morgan fingerprint density at radius 3 is 2.96 bits per heavy atom. The third-order valence-electron chi connectivity index (χ3n) is 5.21. The minimum atomic E-state index is -0.0248. The highest BCUT2D eigenvalue weighted by Gasteiger charge is 2.26. The molecule has 3 aromatic heterocycles. The van der Waals surface area contributed by atoms with Gasteiger partial charge in [-0.3, -0.25) is 14.1 Å². The van der Waals surface area contributed by atoms with Gasteiger partial charge in [0.15, 0.2) is 0 Å². The van der Waals surface area contributed by atoms with Crippen LogP contribution in [0.15, 0.2) is 51.8 Å². The van der Waals surface area contributed by atoms with E-state index in [9.17, 15) is 4.79 Å². The fraction of sp³-hybridized carbons (Fsp3) is 0.429. The Morgan fingerprint density at radius 1 is 1.19 bits per heavy atom. The molecular weight excluding hydrogens is 326 g/mol. The molecule has 1 aliphatic rings. The van der Waals surface area contributed by atoms with Gasteiger partial charge in [-0.25, -0.2) is 4.98 Å². The molecule has 3 aromatic rings. The van der Waals surface area contributed by atoms with Crippen molar-refractivity contribution in [3.63, 3.8) is 0 Å². The summed E-state index contributed by atoms with van der Waals surface area (Å²) in [6, 6.07) is 11.8. The van der Waals surface area contributed by atoms with Crippen molar-refractivity contribution < 1.29 is 4.42 Å². The number of hydrogen-bond donors (Lipinski definition) is 0. The number of aryl methyl sites for hydroxylation is 1. The Balaban J connectivity index is 1.64. The van der Waals surface area contributed by atoms with E-state index in [-0.39, 0.29) is 11.6 Å². The van der Waals surface area contributed by atoms with Crippen molar-refractivity contribution >= 4 is 5.65 Å². The summed E-state index contributed by atoms with van der Waals surface area (Å²) >= 11 is 0. The second kappa shape index (κ2) is 7.46. The first kappa shape index (κ1) is 17.0. The molecule has 1 unspecified atom stereocenters. The van der Waals surface area contributed by atoms with E-state index in [1.54, 1.807) is 16.7 Å². The van der Waals surface area contributed by atoms with Crippen LogP contribution in [0.2, 0.25) is 0 Å².